The monoisotopic (exact) mass is 274 g/mol. The molecule has 2 heterocycles. The standard InChI is InChI=1S/C13H11ClN4O/c1-17-11-10(12(19)16-13(17)14)18(8-15-11)7-9-5-3-2-4-6-9/h2-6,8H,7H2,1H3. The summed E-state index contributed by atoms with van der Waals surface area (Å²) >= 11 is 5.86. The van der Waals surface area contributed by atoms with Crippen molar-refractivity contribution in [3.8, 4) is 0 Å². The molecule has 0 saturated heterocycles. The van der Waals surface area contributed by atoms with Gasteiger partial charge in [0.05, 0.1) is 6.33 Å². The van der Waals surface area contributed by atoms with E-state index in [9.17, 15) is 4.79 Å². The zero-order valence-corrected chi connectivity index (χ0v) is 11.0. The lowest BCUT2D eigenvalue weighted by Crippen LogP contribution is -2.15. The molecule has 1 aromatic carbocycles. The first kappa shape index (κ1) is 11.9. The van der Waals surface area contributed by atoms with Crippen LogP contribution in [-0.2, 0) is 13.6 Å². The third-order valence-corrected chi connectivity index (χ3v) is 3.34. The van der Waals surface area contributed by atoms with E-state index in [1.54, 1.807) is 22.5 Å². The molecule has 0 spiro atoms. The Bertz CT molecular complexity index is 792. The SMILES string of the molecule is Cn1c(Cl)nc(=O)c2c1ncn2Cc1ccccc1. The first-order chi connectivity index (χ1) is 9.16. The number of aromatic nitrogens is 4. The van der Waals surface area contributed by atoms with Gasteiger partial charge in [-0.15, -0.1) is 0 Å². The van der Waals surface area contributed by atoms with E-state index >= 15 is 0 Å². The molecular weight excluding hydrogens is 264 g/mol. The van der Waals surface area contributed by atoms with Gasteiger partial charge < -0.3 is 9.13 Å². The normalized spacial score (nSPS) is 11.1. The predicted octanol–water partition coefficient (Wildman–Crippen LogP) is 1.83. The molecule has 0 aliphatic carbocycles. The van der Waals surface area contributed by atoms with Gasteiger partial charge in [-0.2, -0.15) is 4.98 Å². The molecule has 0 atom stereocenters. The van der Waals surface area contributed by atoms with Crippen LogP contribution in [0.1, 0.15) is 5.56 Å². The number of nitrogens with zero attached hydrogens (tertiary/aromatic N) is 4. The number of hydrogen-bond acceptors (Lipinski definition) is 3. The van der Waals surface area contributed by atoms with Crippen molar-refractivity contribution in [2.45, 2.75) is 6.54 Å². The maximum atomic E-state index is 12.0. The van der Waals surface area contributed by atoms with Crippen LogP contribution in [-0.4, -0.2) is 19.1 Å². The van der Waals surface area contributed by atoms with E-state index in [4.69, 9.17) is 11.6 Å². The molecule has 0 unspecified atom stereocenters. The van der Waals surface area contributed by atoms with Gasteiger partial charge in [0.1, 0.15) is 0 Å². The lowest BCUT2D eigenvalue weighted by Gasteiger charge is -2.05. The molecule has 0 N–H and O–H groups in total. The first-order valence-electron chi connectivity index (χ1n) is 5.78. The lowest BCUT2D eigenvalue weighted by molar-refractivity contribution is 0.816. The summed E-state index contributed by atoms with van der Waals surface area (Å²) in [5, 5.41) is 0.141. The minimum atomic E-state index is -0.355. The van der Waals surface area contributed by atoms with Crippen LogP contribution in [0.4, 0.5) is 0 Å². The first-order valence-corrected chi connectivity index (χ1v) is 6.16. The number of fused-ring (bicyclic) bond motifs is 1. The van der Waals surface area contributed by atoms with Crippen LogP contribution in [0.2, 0.25) is 5.28 Å². The second-order valence-corrected chi connectivity index (χ2v) is 4.61. The molecule has 19 heavy (non-hydrogen) atoms. The van der Waals surface area contributed by atoms with Crippen molar-refractivity contribution >= 4 is 22.8 Å². The van der Waals surface area contributed by atoms with Gasteiger partial charge in [0.2, 0.25) is 5.28 Å². The van der Waals surface area contributed by atoms with Crippen LogP contribution in [0, 0.1) is 0 Å². The van der Waals surface area contributed by atoms with Gasteiger partial charge >= 0.3 is 0 Å². The number of imidazole rings is 1. The van der Waals surface area contributed by atoms with E-state index in [0.717, 1.165) is 5.56 Å². The van der Waals surface area contributed by atoms with E-state index in [1.165, 1.54) is 0 Å². The molecule has 6 heteroatoms. The summed E-state index contributed by atoms with van der Waals surface area (Å²) in [5.41, 5.74) is 1.75. The number of benzene rings is 1. The Kier molecular flexibility index (Phi) is 2.83. The van der Waals surface area contributed by atoms with Gasteiger partial charge in [-0.25, -0.2) is 4.98 Å². The maximum Gasteiger partial charge on any atom is 0.300 e. The highest BCUT2D eigenvalue weighted by Crippen LogP contribution is 2.13. The third kappa shape index (κ3) is 2.02. The van der Waals surface area contributed by atoms with Gasteiger partial charge in [-0.3, -0.25) is 4.79 Å². The number of halogens is 1. The van der Waals surface area contributed by atoms with Crippen molar-refractivity contribution in [2.75, 3.05) is 0 Å². The van der Waals surface area contributed by atoms with Crippen molar-refractivity contribution < 1.29 is 0 Å². The van der Waals surface area contributed by atoms with E-state index < -0.39 is 0 Å². The lowest BCUT2D eigenvalue weighted by atomic mass is 10.2. The molecule has 5 nitrogen and oxygen atoms in total. The average molecular weight is 275 g/mol. The summed E-state index contributed by atoms with van der Waals surface area (Å²) in [6.45, 7) is 0.579. The summed E-state index contributed by atoms with van der Waals surface area (Å²) < 4.78 is 3.39. The summed E-state index contributed by atoms with van der Waals surface area (Å²) in [6.07, 6.45) is 1.64. The van der Waals surface area contributed by atoms with E-state index in [1.807, 2.05) is 30.3 Å². The second kappa shape index (κ2) is 4.51. The predicted molar refractivity (Wildman–Crippen MR) is 73.3 cm³/mol. The Morgan fingerprint density at radius 2 is 2.00 bits per heavy atom. The number of aryl methyl sites for hydroxylation is 1. The van der Waals surface area contributed by atoms with E-state index in [2.05, 4.69) is 9.97 Å². The molecule has 0 radical (unpaired) electrons. The fourth-order valence-corrected chi connectivity index (χ4v) is 2.19. The molecule has 2 aromatic heterocycles. The molecule has 96 valence electrons. The highest BCUT2D eigenvalue weighted by atomic mass is 35.5. The van der Waals surface area contributed by atoms with Crippen LogP contribution in [0.15, 0.2) is 41.5 Å². The zero-order chi connectivity index (χ0) is 13.4. The van der Waals surface area contributed by atoms with Crippen molar-refractivity contribution in [2.24, 2.45) is 7.05 Å². The second-order valence-electron chi connectivity index (χ2n) is 4.28. The smallest absolute Gasteiger partial charge is 0.300 e. The van der Waals surface area contributed by atoms with Gasteiger partial charge in [-0.1, -0.05) is 30.3 Å². The zero-order valence-electron chi connectivity index (χ0n) is 10.2. The quantitative estimate of drug-likeness (QED) is 0.670. The Morgan fingerprint density at radius 3 is 2.74 bits per heavy atom. The third-order valence-electron chi connectivity index (χ3n) is 3.01. The molecular formula is C13H11ClN4O. The maximum absolute atomic E-state index is 12.0. The van der Waals surface area contributed by atoms with E-state index in [0.29, 0.717) is 17.7 Å². The van der Waals surface area contributed by atoms with E-state index in [-0.39, 0.29) is 10.8 Å². The van der Waals surface area contributed by atoms with Crippen molar-refractivity contribution in [1.29, 1.82) is 0 Å². The Balaban J connectivity index is 2.16. The molecule has 3 rings (SSSR count). The Labute approximate surface area is 114 Å². The summed E-state index contributed by atoms with van der Waals surface area (Å²) in [4.78, 5) is 20.0. The van der Waals surface area contributed by atoms with Crippen LogP contribution >= 0.6 is 11.6 Å². The molecule has 0 fully saturated rings. The minimum absolute atomic E-state index is 0.141. The van der Waals surface area contributed by atoms with Gasteiger partial charge in [-0.05, 0) is 17.2 Å². The largest absolute Gasteiger partial charge is 0.320 e. The number of hydrogen-bond donors (Lipinski definition) is 0. The van der Waals surface area contributed by atoms with Crippen molar-refractivity contribution in [1.82, 2.24) is 19.1 Å². The van der Waals surface area contributed by atoms with Crippen LogP contribution < -0.4 is 5.56 Å². The Morgan fingerprint density at radius 1 is 1.26 bits per heavy atom. The Hall–Kier alpha value is -2.14. The molecule has 0 bridgehead atoms. The molecule has 0 saturated carbocycles. The van der Waals surface area contributed by atoms with Crippen LogP contribution in [0.3, 0.4) is 0 Å². The highest BCUT2D eigenvalue weighted by Gasteiger charge is 2.12. The van der Waals surface area contributed by atoms with Gasteiger partial charge in [0.25, 0.3) is 5.56 Å². The molecule has 3 aromatic rings. The fourth-order valence-electron chi connectivity index (χ4n) is 2.03. The molecule has 0 aliphatic heterocycles. The van der Waals surface area contributed by atoms with Crippen molar-refractivity contribution in [3.05, 3.63) is 57.9 Å². The molecule has 0 amide bonds. The van der Waals surface area contributed by atoms with Crippen LogP contribution in [0.25, 0.3) is 11.2 Å². The summed E-state index contributed by atoms with van der Waals surface area (Å²) in [5.74, 6) is 0. The van der Waals surface area contributed by atoms with Gasteiger partial charge in [0.15, 0.2) is 11.2 Å². The van der Waals surface area contributed by atoms with Crippen molar-refractivity contribution in [3.63, 3.8) is 0 Å². The fraction of sp³-hybridized carbons (Fsp3) is 0.154. The minimum Gasteiger partial charge on any atom is -0.320 e. The van der Waals surface area contributed by atoms with Gasteiger partial charge in [0, 0.05) is 13.6 Å². The number of rotatable bonds is 2. The average Bonchev–Trinajstić information content (AvgIpc) is 2.82. The summed E-state index contributed by atoms with van der Waals surface area (Å²) in [7, 11) is 1.73. The highest BCUT2D eigenvalue weighted by molar-refractivity contribution is 6.28. The molecule has 0 aliphatic rings. The summed E-state index contributed by atoms with van der Waals surface area (Å²) in [6, 6.07) is 9.87. The topological polar surface area (TPSA) is 52.7 Å². The van der Waals surface area contributed by atoms with Crippen LogP contribution in [0.5, 0.6) is 0 Å².